The number of nitrogens with one attached hydrogen (secondary N) is 1. The highest BCUT2D eigenvalue weighted by Crippen LogP contribution is 2.27. The van der Waals surface area contributed by atoms with E-state index >= 15 is 0 Å². The third-order valence-electron chi connectivity index (χ3n) is 4.79. The molecule has 0 aliphatic rings. The van der Waals surface area contributed by atoms with Gasteiger partial charge in [-0.15, -0.1) is 0 Å². The molecule has 0 saturated carbocycles. The molecule has 0 fully saturated rings. The number of benzene rings is 3. The number of amides is 1. The van der Waals surface area contributed by atoms with E-state index in [1.165, 1.54) is 24.0 Å². The van der Waals surface area contributed by atoms with Crippen LogP contribution in [0.5, 0.6) is 0 Å². The second-order valence-electron chi connectivity index (χ2n) is 7.00. The lowest BCUT2D eigenvalue weighted by molar-refractivity contribution is 0.210. The smallest absolute Gasteiger partial charge is 0.409 e. The van der Waals surface area contributed by atoms with Crippen LogP contribution in [0.3, 0.4) is 0 Å². The molecule has 0 heterocycles. The number of para-hydroxylation sites is 1. The average Bonchev–Trinajstić information content (AvgIpc) is 2.74. The minimum atomic E-state index is -1.04. The van der Waals surface area contributed by atoms with Gasteiger partial charge in [0, 0.05) is 5.69 Å². The van der Waals surface area contributed by atoms with Gasteiger partial charge in [-0.1, -0.05) is 92.7 Å². The van der Waals surface area contributed by atoms with Crippen LogP contribution in [0.25, 0.3) is 0 Å². The molecule has 3 aromatic carbocycles. The number of rotatable bonds is 6. The second-order valence-corrected chi connectivity index (χ2v) is 7.00. The molecular formula is C25H29NO2. The Hall–Kier alpha value is -3.07. The van der Waals surface area contributed by atoms with Crippen LogP contribution in [0.2, 0.25) is 0 Å². The summed E-state index contributed by atoms with van der Waals surface area (Å²) in [6, 6.07) is 30.4. The molecule has 0 spiro atoms. The van der Waals surface area contributed by atoms with E-state index in [0.29, 0.717) is 17.5 Å². The van der Waals surface area contributed by atoms with Gasteiger partial charge in [0.25, 0.3) is 0 Å². The van der Waals surface area contributed by atoms with Crippen molar-refractivity contribution in [3.05, 3.63) is 102 Å². The molecule has 0 saturated heterocycles. The second kappa shape index (κ2) is 11.6. The first-order chi connectivity index (χ1) is 13.6. The lowest BCUT2D eigenvalue weighted by Crippen LogP contribution is -2.06. The van der Waals surface area contributed by atoms with Gasteiger partial charge in [-0.2, -0.15) is 0 Å². The zero-order chi connectivity index (χ0) is 20.2. The third-order valence-corrected chi connectivity index (χ3v) is 4.79. The highest BCUT2D eigenvalue weighted by Gasteiger charge is 2.09. The number of carbonyl (C=O) groups is 1. The average molecular weight is 376 g/mol. The molecule has 146 valence electrons. The van der Waals surface area contributed by atoms with Crippen LogP contribution >= 0.6 is 0 Å². The molecule has 0 aliphatic carbocycles. The molecule has 28 heavy (non-hydrogen) atoms. The standard InChI is InChI=1S/C18H22.C7H7NO2/c1-15(17-9-5-3-6-10-17)13-14-16(2)18-11-7-4-8-12-18;9-7(10)8-6-4-2-1-3-5-6/h3-12,15-16H,13-14H2,1-2H3;1-5,8H,(H,9,10). The van der Waals surface area contributed by atoms with Gasteiger partial charge in [0.15, 0.2) is 0 Å². The molecule has 2 atom stereocenters. The largest absolute Gasteiger partial charge is 0.465 e. The van der Waals surface area contributed by atoms with Crippen LogP contribution < -0.4 is 5.32 Å². The molecule has 3 nitrogen and oxygen atoms in total. The summed E-state index contributed by atoms with van der Waals surface area (Å²) in [5.74, 6) is 1.30. The van der Waals surface area contributed by atoms with Gasteiger partial charge in [-0.25, -0.2) is 4.79 Å². The van der Waals surface area contributed by atoms with Gasteiger partial charge < -0.3 is 5.11 Å². The van der Waals surface area contributed by atoms with Crippen molar-refractivity contribution in [2.24, 2.45) is 0 Å². The molecule has 0 aliphatic heterocycles. The normalized spacial score (nSPS) is 12.2. The number of hydrogen-bond donors (Lipinski definition) is 2. The number of anilines is 1. The van der Waals surface area contributed by atoms with E-state index in [1.54, 1.807) is 24.3 Å². The molecule has 2 unspecified atom stereocenters. The Morgan fingerprint density at radius 2 is 1.07 bits per heavy atom. The summed E-state index contributed by atoms with van der Waals surface area (Å²) in [5, 5.41) is 10.5. The van der Waals surface area contributed by atoms with Crippen LogP contribution in [-0.4, -0.2) is 11.2 Å². The van der Waals surface area contributed by atoms with Crippen molar-refractivity contribution in [1.82, 2.24) is 0 Å². The minimum absolute atomic E-state index is 0.593. The first-order valence-electron chi connectivity index (χ1n) is 9.71. The summed E-state index contributed by atoms with van der Waals surface area (Å²) in [5.41, 5.74) is 3.51. The predicted octanol–water partition coefficient (Wildman–Crippen LogP) is 7.15. The van der Waals surface area contributed by atoms with Crippen LogP contribution in [0.15, 0.2) is 91.0 Å². The third kappa shape index (κ3) is 7.67. The van der Waals surface area contributed by atoms with Gasteiger partial charge in [0.05, 0.1) is 0 Å². The summed E-state index contributed by atoms with van der Waals surface area (Å²) in [6.07, 6.45) is 1.46. The highest BCUT2D eigenvalue weighted by molar-refractivity contribution is 5.82. The Morgan fingerprint density at radius 1 is 0.714 bits per heavy atom. The van der Waals surface area contributed by atoms with Crippen molar-refractivity contribution >= 4 is 11.8 Å². The molecule has 1 amide bonds. The fraction of sp³-hybridized carbons (Fsp3) is 0.240. The Labute approximate surface area is 168 Å². The first kappa shape index (κ1) is 21.2. The number of carboxylic acid groups (broad SMARTS) is 1. The van der Waals surface area contributed by atoms with Crippen molar-refractivity contribution in [2.45, 2.75) is 38.5 Å². The van der Waals surface area contributed by atoms with Crippen LogP contribution in [-0.2, 0) is 0 Å². The van der Waals surface area contributed by atoms with Gasteiger partial charge in [-0.05, 0) is 47.9 Å². The van der Waals surface area contributed by atoms with Crippen molar-refractivity contribution in [3.63, 3.8) is 0 Å². The first-order valence-corrected chi connectivity index (χ1v) is 9.71. The molecule has 0 aromatic heterocycles. The summed E-state index contributed by atoms with van der Waals surface area (Å²) in [6.45, 7) is 4.65. The lowest BCUT2D eigenvalue weighted by Gasteiger charge is -2.16. The van der Waals surface area contributed by atoms with E-state index in [1.807, 2.05) is 6.07 Å². The van der Waals surface area contributed by atoms with Crippen molar-refractivity contribution in [1.29, 1.82) is 0 Å². The monoisotopic (exact) mass is 375 g/mol. The SMILES string of the molecule is CC(CCC(C)c1ccccc1)c1ccccc1.O=C(O)Nc1ccccc1. The molecule has 0 bridgehead atoms. The van der Waals surface area contributed by atoms with Gasteiger partial charge in [-0.3, -0.25) is 5.32 Å². The zero-order valence-corrected chi connectivity index (χ0v) is 16.6. The minimum Gasteiger partial charge on any atom is -0.465 e. The fourth-order valence-corrected chi connectivity index (χ4v) is 3.04. The van der Waals surface area contributed by atoms with E-state index < -0.39 is 6.09 Å². The Bertz CT molecular complexity index is 758. The topological polar surface area (TPSA) is 49.3 Å². The zero-order valence-electron chi connectivity index (χ0n) is 16.6. The van der Waals surface area contributed by atoms with Crippen LogP contribution in [0, 0.1) is 0 Å². The molecule has 0 radical (unpaired) electrons. The summed E-state index contributed by atoms with van der Waals surface area (Å²) >= 11 is 0. The predicted molar refractivity (Wildman–Crippen MR) is 117 cm³/mol. The van der Waals surface area contributed by atoms with E-state index in [4.69, 9.17) is 5.11 Å². The lowest BCUT2D eigenvalue weighted by atomic mass is 9.89. The van der Waals surface area contributed by atoms with Crippen LogP contribution in [0.4, 0.5) is 10.5 Å². The van der Waals surface area contributed by atoms with Crippen molar-refractivity contribution < 1.29 is 9.90 Å². The molecule has 3 rings (SSSR count). The summed E-state index contributed by atoms with van der Waals surface area (Å²) in [7, 11) is 0. The molecule has 3 aromatic rings. The van der Waals surface area contributed by atoms with Gasteiger partial charge in [0.1, 0.15) is 0 Å². The maximum absolute atomic E-state index is 10.1. The Kier molecular flexibility index (Phi) is 8.80. The van der Waals surface area contributed by atoms with Gasteiger partial charge >= 0.3 is 6.09 Å². The summed E-state index contributed by atoms with van der Waals surface area (Å²) in [4.78, 5) is 10.1. The van der Waals surface area contributed by atoms with Crippen molar-refractivity contribution in [2.75, 3.05) is 5.32 Å². The van der Waals surface area contributed by atoms with E-state index in [-0.39, 0.29) is 0 Å². The van der Waals surface area contributed by atoms with Crippen LogP contribution in [0.1, 0.15) is 49.7 Å². The van der Waals surface area contributed by atoms with E-state index in [0.717, 1.165) is 0 Å². The summed E-state index contributed by atoms with van der Waals surface area (Å²) < 4.78 is 0. The Morgan fingerprint density at radius 3 is 1.43 bits per heavy atom. The van der Waals surface area contributed by atoms with E-state index in [2.05, 4.69) is 79.8 Å². The molecular weight excluding hydrogens is 346 g/mol. The highest BCUT2D eigenvalue weighted by atomic mass is 16.4. The van der Waals surface area contributed by atoms with Gasteiger partial charge in [0.2, 0.25) is 0 Å². The fourth-order valence-electron chi connectivity index (χ4n) is 3.04. The molecule has 2 N–H and O–H groups in total. The quantitative estimate of drug-likeness (QED) is 0.480. The van der Waals surface area contributed by atoms with E-state index in [9.17, 15) is 4.79 Å². The Balaban J connectivity index is 0.000000237. The number of hydrogen-bond acceptors (Lipinski definition) is 1. The maximum atomic E-state index is 10.1. The van der Waals surface area contributed by atoms with Crippen molar-refractivity contribution in [3.8, 4) is 0 Å². The molecule has 3 heteroatoms. The maximum Gasteiger partial charge on any atom is 0.409 e.